The Labute approximate surface area is 364 Å². The van der Waals surface area contributed by atoms with E-state index in [1.54, 1.807) is 0 Å². The van der Waals surface area contributed by atoms with Crippen molar-refractivity contribution in [3.63, 3.8) is 0 Å². The molecule has 0 bridgehead atoms. The third kappa shape index (κ3) is 4.35. The fraction of sp³-hybridized carbons (Fsp3) is 0.133. The molecule has 14 rings (SSSR count). The number of benzene rings is 10. The maximum absolute atomic E-state index is 2.68. The van der Waals surface area contributed by atoms with Crippen LogP contribution < -0.4 is 32.8 Å². The van der Waals surface area contributed by atoms with E-state index in [9.17, 15) is 0 Å². The lowest BCUT2D eigenvalue weighted by atomic mass is 9.34. The predicted molar refractivity (Wildman–Crippen MR) is 269 cm³/mol. The Morgan fingerprint density at radius 1 is 0.290 bits per heavy atom. The van der Waals surface area contributed by atoms with E-state index in [0.717, 1.165) is 0 Å². The molecule has 0 saturated heterocycles. The van der Waals surface area contributed by atoms with Crippen LogP contribution in [0.4, 0.5) is 0 Å². The lowest BCUT2D eigenvalue weighted by molar-refractivity contribution is 0.595. The number of hydrogen-bond donors (Lipinski definition) is 0. The zero-order chi connectivity index (χ0) is 41.6. The molecule has 2 heteroatoms. The van der Waals surface area contributed by atoms with Crippen molar-refractivity contribution in [3.05, 3.63) is 169 Å². The van der Waals surface area contributed by atoms with Gasteiger partial charge in [-0.05, 0) is 157 Å². The summed E-state index contributed by atoms with van der Waals surface area (Å²) in [6.07, 6.45) is 0. The third-order valence-corrected chi connectivity index (χ3v) is 15.3. The molecule has 0 fully saturated rings. The first-order valence-corrected chi connectivity index (χ1v) is 22.6. The molecule has 0 atom stereocenters. The molecular formula is C60H44B2. The molecule has 4 aliphatic rings. The van der Waals surface area contributed by atoms with E-state index in [1.807, 2.05) is 0 Å². The molecule has 4 aliphatic heterocycles. The second kappa shape index (κ2) is 11.6. The van der Waals surface area contributed by atoms with Crippen molar-refractivity contribution in [2.24, 2.45) is 0 Å². The Balaban J connectivity index is 1.21. The average Bonchev–Trinajstić information content (AvgIpc) is 3.80. The summed E-state index contributed by atoms with van der Waals surface area (Å²) < 4.78 is 0. The molecule has 0 spiro atoms. The van der Waals surface area contributed by atoms with Crippen LogP contribution in [0.2, 0.25) is 0 Å². The van der Waals surface area contributed by atoms with E-state index in [1.165, 1.54) is 143 Å². The van der Waals surface area contributed by atoms with Crippen LogP contribution in [0.1, 0.15) is 52.7 Å². The smallest absolute Gasteiger partial charge is 0.0664 e. The van der Waals surface area contributed by atoms with Crippen LogP contribution in [0, 0.1) is 0 Å². The second-order valence-corrected chi connectivity index (χ2v) is 20.7. The lowest BCUT2D eigenvalue weighted by Crippen LogP contribution is -2.53. The van der Waals surface area contributed by atoms with Gasteiger partial charge in [0.25, 0.3) is 0 Å². The van der Waals surface area contributed by atoms with Gasteiger partial charge in [-0.1, -0.05) is 196 Å². The van der Waals surface area contributed by atoms with E-state index in [2.05, 4.69) is 199 Å². The Hall–Kier alpha value is -6.63. The minimum atomic E-state index is -0.0999. The van der Waals surface area contributed by atoms with Crippen molar-refractivity contribution in [3.8, 4) is 66.8 Å². The van der Waals surface area contributed by atoms with E-state index >= 15 is 0 Å². The summed E-state index contributed by atoms with van der Waals surface area (Å²) >= 11 is 0. The van der Waals surface area contributed by atoms with Crippen LogP contribution in [0.3, 0.4) is 0 Å². The highest BCUT2D eigenvalue weighted by Crippen LogP contribution is 2.51. The zero-order valence-electron chi connectivity index (χ0n) is 36.2. The first-order valence-electron chi connectivity index (χ1n) is 22.6. The van der Waals surface area contributed by atoms with Crippen LogP contribution >= 0.6 is 0 Å². The second-order valence-electron chi connectivity index (χ2n) is 20.7. The molecule has 0 radical (unpaired) electrons. The maximum atomic E-state index is 2.68. The van der Waals surface area contributed by atoms with Gasteiger partial charge >= 0.3 is 0 Å². The molecular weight excluding hydrogens is 742 g/mol. The lowest BCUT2D eigenvalue weighted by Gasteiger charge is -2.35. The quantitative estimate of drug-likeness (QED) is 0.121. The van der Waals surface area contributed by atoms with Gasteiger partial charge in [0.15, 0.2) is 0 Å². The van der Waals surface area contributed by atoms with Crippen LogP contribution in [0.25, 0.3) is 99.1 Å². The summed E-state index contributed by atoms with van der Waals surface area (Å²) in [4.78, 5) is 0. The molecule has 4 heterocycles. The van der Waals surface area contributed by atoms with Crippen LogP contribution in [-0.4, -0.2) is 13.4 Å². The van der Waals surface area contributed by atoms with Crippen molar-refractivity contribution < 1.29 is 0 Å². The highest BCUT2D eigenvalue weighted by atomic mass is 14.4. The predicted octanol–water partition coefficient (Wildman–Crippen LogP) is 11.5. The molecule has 0 amide bonds. The fourth-order valence-electron chi connectivity index (χ4n) is 12.8. The molecule has 0 N–H and O–H groups in total. The fourth-order valence-corrected chi connectivity index (χ4v) is 12.8. The monoisotopic (exact) mass is 786 g/mol. The van der Waals surface area contributed by atoms with Crippen LogP contribution in [0.5, 0.6) is 0 Å². The summed E-state index contributed by atoms with van der Waals surface area (Å²) in [6.45, 7) is 14.9. The van der Waals surface area contributed by atoms with E-state index in [-0.39, 0.29) is 24.3 Å². The Kier molecular flexibility index (Phi) is 6.57. The van der Waals surface area contributed by atoms with Gasteiger partial charge in [-0.25, -0.2) is 0 Å². The molecule has 290 valence electrons. The summed E-state index contributed by atoms with van der Waals surface area (Å²) in [7, 11) is 0. The normalized spacial score (nSPS) is 13.9. The minimum absolute atomic E-state index is 0.0999. The molecule has 62 heavy (non-hydrogen) atoms. The van der Waals surface area contributed by atoms with Crippen molar-refractivity contribution in [1.29, 1.82) is 0 Å². The van der Waals surface area contributed by atoms with Gasteiger partial charge in [0.05, 0.1) is 0 Å². The zero-order valence-corrected chi connectivity index (χ0v) is 36.2. The maximum Gasteiger partial charge on any atom is 0.244 e. The van der Waals surface area contributed by atoms with Gasteiger partial charge in [-0.2, -0.15) is 0 Å². The molecule has 0 nitrogen and oxygen atoms in total. The molecule has 0 unspecified atom stereocenters. The van der Waals surface area contributed by atoms with Crippen molar-refractivity contribution in [1.82, 2.24) is 0 Å². The number of rotatable bonds is 2. The molecule has 0 saturated carbocycles. The summed E-state index contributed by atoms with van der Waals surface area (Å²) in [5.41, 5.74) is 27.7. The minimum Gasteiger partial charge on any atom is -0.0664 e. The summed E-state index contributed by atoms with van der Waals surface area (Å²) in [5.74, 6) is 0. The first kappa shape index (κ1) is 35.0. The van der Waals surface area contributed by atoms with Crippen molar-refractivity contribution in [2.45, 2.75) is 52.4 Å². The van der Waals surface area contributed by atoms with E-state index < -0.39 is 0 Å². The van der Waals surface area contributed by atoms with Gasteiger partial charge in [0.2, 0.25) is 13.4 Å². The largest absolute Gasteiger partial charge is 0.244 e. The topological polar surface area (TPSA) is 0 Å². The molecule has 0 aromatic heterocycles. The van der Waals surface area contributed by atoms with Gasteiger partial charge in [0, 0.05) is 0 Å². The Morgan fingerprint density at radius 2 is 0.645 bits per heavy atom. The highest BCUT2D eigenvalue weighted by Gasteiger charge is 2.45. The number of fused-ring (bicyclic) bond motifs is 10. The first-order chi connectivity index (χ1) is 30.0. The van der Waals surface area contributed by atoms with Gasteiger partial charge in [-0.3, -0.25) is 0 Å². The van der Waals surface area contributed by atoms with Gasteiger partial charge in [0.1, 0.15) is 0 Å². The molecule has 0 aliphatic carbocycles. The van der Waals surface area contributed by atoms with E-state index in [4.69, 9.17) is 0 Å². The van der Waals surface area contributed by atoms with Crippen LogP contribution in [-0.2, 0) is 10.8 Å². The third-order valence-electron chi connectivity index (χ3n) is 15.3. The molecule has 10 aromatic rings. The van der Waals surface area contributed by atoms with Crippen molar-refractivity contribution in [2.75, 3.05) is 0 Å². The average molecular weight is 787 g/mol. The Bertz CT molecular complexity index is 3390. The Morgan fingerprint density at radius 3 is 1.03 bits per heavy atom. The van der Waals surface area contributed by atoms with Gasteiger partial charge in [-0.15, -0.1) is 0 Å². The molecule has 10 aromatic carbocycles. The van der Waals surface area contributed by atoms with Crippen LogP contribution in [0.15, 0.2) is 158 Å². The highest BCUT2D eigenvalue weighted by molar-refractivity contribution is 7.03. The summed E-state index contributed by atoms with van der Waals surface area (Å²) in [6, 6.07) is 61.3. The standard InChI is InChI=1S/C60H44B2/c1-59(2,3)47-29-39-43-27-35(33-17-9-7-10-18-33)25-41-37-21-14-16-24-50(37)62(57(41)43)52-32-46-48(60(4,5)6)30-40-44-28-36(34-19-11-8-12-20-34)26-42-38-22-13-15-23-49(38)61(58(42)44)51-31-45(47)55(53(39)52)56(46)54(40)51/h7-32H,1-6H3. The van der Waals surface area contributed by atoms with Gasteiger partial charge < -0.3 is 0 Å². The van der Waals surface area contributed by atoms with Crippen molar-refractivity contribution >= 4 is 78.5 Å². The summed E-state index contributed by atoms with van der Waals surface area (Å²) in [5, 5.41) is 8.67. The SMILES string of the molecule is CC(C)(C)c1cc2c3c(cc4c(C(C)(C)C)cc5c6c(cc1c3c46)B1c3ccccc3-c3cc(-c4ccccc4)cc-5c31)B1c3ccccc3-c3cc(-c4ccccc4)cc-2c31. The number of hydrogen-bond acceptors (Lipinski definition) is 0. The van der Waals surface area contributed by atoms with E-state index in [0.29, 0.717) is 0 Å².